The smallest absolute Gasteiger partial charge is 0.151 e. The van der Waals surface area contributed by atoms with Crippen molar-refractivity contribution < 1.29 is 18.8 Å². The minimum atomic E-state index is -0.464. The predicted octanol–water partition coefficient (Wildman–Crippen LogP) is 12.3. The topological polar surface area (TPSA) is 124 Å². The van der Waals surface area contributed by atoms with Crippen LogP contribution in [0.3, 0.4) is 0 Å². The van der Waals surface area contributed by atoms with Gasteiger partial charge in [0.15, 0.2) is 11.6 Å². The van der Waals surface area contributed by atoms with Gasteiger partial charge in [-0.05, 0) is 145 Å². The molecule has 68 heavy (non-hydrogen) atoms. The number of hydroxylamine groups is 2. The Morgan fingerprint density at radius 1 is 0.794 bits per heavy atom. The lowest BCUT2D eigenvalue weighted by molar-refractivity contribution is 0.0919. The van der Waals surface area contributed by atoms with Crippen molar-refractivity contribution in [3.05, 3.63) is 95.7 Å². The third-order valence-corrected chi connectivity index (χ3v) is 14.4. The number of aromatic amines is 2. The first-order chi connectivity index (χ1) is 33.0. The van der Waals surface area contributed by atoms with E-state index in [1.165, 1.54) is 0 Å². The number of nitrogens with zero attached hydrogens (tertiary/aromatic N) is 6. The van der Waals surface area contributed by atoms with Crippen molar-refractivity contribution in [2.45, 2.75) is 162 Å². The molecule has 4 aliphatic heterocycles. The van der Waals surface area contributed by atoms with E-state index in [4.69, 9.17) is 14.8 Å². The largest absolute Gasteiger partial charge is 0.364 e. The highest BCUT2D eigenvalue weighted by atomic mass is 19.1. The quantitative estimate of drug-likeness (QED) is 0.0648. The summed E-state index contributed by atoms with van der Waals surface area (Å²) in [4.78, 5) is 30.6. The standard InChI is InChI=1S/C35H50F2N6O.C15H20N4O.2C2H6/c1-22(2)29(40-44)11-6-16-41-17-7-13-33(41)35-38-30-15-14-25(19-31(30)39-35)32-12-8-18-42(32)26-20-27(36)34(28(37)21-26)43-23(3)9-5-10-24(43)4;1-11(10-16-20-2)19-9-5-8-14(19)15-17-12-6-3-4-7-13(12)18-15;2*1-2/h14-15,19-24,29,32-33,40,44H,5-13,16-18H2,1-4H3,(H,38,39);3-4,6-7,14,16H,1,5,8-10H2,2H3,(H,17,18);2*1-2H3/t23-,24+,29-,32-,33+;14-;;/m10../s1. The molecule has 4 saturated heterocycles. The third-order valence-electron chi connectivity index (χ3n) is 14.4. The zero-order valence-electron chi connectivity index (χ0n) is 42.6. The number of anilines is 2. The number of para-hydroxylation sites is 2. The number of hydrogen-bond donors (Lipinski definition) is 5. The second-order valence-electron chi connectivity index (χ2n) is 18.9. The third kappa shape index (κ3) is 12.2. The molecule has 0 amide bonds. The van der Waals surface area contributed by atoms with E-state index < -0.39 is 11.6 Å². The number of imidazole rings is 2. The number of benzene rings is 3. The summed E-state index contributed by atoms with van der Waals surface area (Å²) in [7, 11) is 1.62. The van der Waals surface area contributed by atoms with Gasteiger partial charge in [-0.1, -0.05) is 66.3 Å². The number of fused-ring (bicyclic) bond motifs is 2. The van der Waals surface area contributed by atoms with Crippen LogP contribution < -0.4 is 20.8 Å². The van der Waals surface area contributed by atoms with Gasteiger partial charge in [-0.3, -0.25) is 4.90 Å². The summed E-state index contributed by atoms with van der Waals surface area (Å²) in [5.41, 5.74) is 12.3. The summed E-state index contributed by atoms with van der Waals surface area (Å²) in [6.07, 6.45) is 11.4. The maximum Gasteiger partial charge on any atom is 0.151 e. The molecular weight excluding hydrogens is 859 g/mol. The van der Waals surface area contributed by atoms with Gasteiger partial charge >= 0.3 is 0 Å². The molecule has 12 nitrogen and oxygen atoms in total. The Morgan fingerprint density at radius 3 is 2.09 bits per heavy atom. The van der Waals surface area contributed by atoms with Crippen LogP contribution in [0.1, 0.15) is 161 Å². The van der Waals surface area contributed by atoms with Gasteiger partial charge in [0.05, 0.1) is 53.8 Å². The first-order valence-corrected chi connectivity index (χ1v) is 25.9. The number of hydrogen-bond acceptors (Lipinski definition) is 10. The monoisotopic (exact) mass is 941 g/mol. The summed E-state index contributed by atoms with van der Waals surface area (Å²) < 4.78 is 31.3. The van der Waals surface area contributed by atoms with Crippen LogP contribution in [0.5, 0.6) is 0 Å². The van der Waals surface area contributed by atoms with Crippen LogP contribution in [0.2, 0.25) is 0 Å². The van der Waals surface area contributed by atoms with Crippen molar-refractivity contribution in [2.75, 3.05) is 49.6 Å². The molecule has 4 aliphatic rings. The summed E-state index contributed by atoms with van der Waals surface area (Å²) in [6.45, 7) is 25.0. The van der Waals surface area contributed by atoms with Crippen molar-refractivity contribution in [1.29, 1.82) is 0 Å². The van der Waals surface area contributed by atoms with E-state index in [0.29, 0.717) is 18.2 Å². The lowest BCUT2D eigenvalue weighted by Crippen LogP contribution is -2.44. The van der Waals surface area contributed by atoms with E-state index in [9.17, 15) is 5.21 Å². The van der Waals surface area contributed by atoms with Crippen LogP contribution in [0.15, 0.2) is 66.9 Å². The molecule has 2 aromatic heterocycles. The van der Waals surface area contributed by atoms with Crippen LogP contribution >= 0.6 is 0 Å². The molecule has 9 rings (SSSR count). The van der Waals surface area contributed by atoms with Gasteiger partial charge in [0, 0.05) is 42.6 Å². The summed E-state index contributed by atoms with van der Waals surface area (Å²) in [6, 6.07) is 18.6. The van der Waals surface area contributed by atoms with Gasteiger partial charge in [0.2, 0.25) is 0 Å². The average Bonchev–Trinajstić information content (AvgIpc) is 4.21. The molecule has 6 atom stereocenters. The van der Waals surface area contributed by atoms with Gasteiger partial charge in [-0.25, -0.2) is 24.2 Å². The highest BCUT2D eigenvalue weighted by Gasteiger charge is 2.34. The number of nitrogens with one attached hydrogen (secondary N) is 4. The molecule has 0 aliphatic carbocycles. The molecule has 4 fully saturated rings. The number of aromatic nitrogens is 4. The molecule has 0 spiro atoms. The van der Waals surface area contributed by atoms with Crippen LogP contribution in [-0.2, 0) is 4.84 Å². The first kappa shape index (κ1) is 52.8. The Kier molecular flexibility index (Phi) is 19.6. The maximum absolute atomic E-state index is 15.6. The first-order valence-electron chi connectivity index (χ1n) is 25.9. The van der Waals surface area contributed by atoms with Crippen molar-refractivity contribution in [1.82, 2.24) is 40.7 Å². The fourth-order valence-corrected chi connectivity index (χ4v) is 10.9. The van der Waals surface area contributed by atoms with E-state index in [1.54, 1.807) is 19.2 Å². The Hall–Kier alpha value is -4.60. The maximum atomic E-state index is 15.6. The van der Waals surface area contributed by atoms with Crippen LogP contribution in [0, 0.1) is 17.6 Å². The van der Waals surface area contributed by atoms with E-state index >= 15 is 8.78 Å². The number of H-pyrrole nitrogens is 2. The van der Waals surface area contributed by atoms with Crippen LogP contribution in [0.25, 0.3) is 22.1 Å². The lowest BCUT2D eigenvalue weighted by Gasteiger charge is -2.41. The second-order valence-corrected chi connectivity index (χ2v) is 18.9. The predicted molar refractivity (Wildman–Crippen MR) is 275 cm³/mol. The Bertz CT molecular complexity index is 2270. The zero-order valence-corrected chi connectivity index (χ0v) is 42.6. The normalized spacial score (nSPS) is 22.2. The molecule has 0 radical (unpaired) electrons. The molecule has 374 valence electrons. The molecular formula is C54H82F2N10O2. The average molecular weight is 941 g/mol. The zero-order chi connectivity index (χ0) is 48.9. The van der Waals surface area contributed by atoms with Gasteiger partial charge in [0.25, 0.3) is 0 Å². The van der Waals surface area contributed by atoms with Crippen molar-refractivity contribution >= 4 is 33.4 Å². The number of halogens is 2. The molecule has 0 unspecified atom stereocenters. The highest BCUT2D eigenvalue weighted by molar-refractivity contribution is 5.77. The van der Waals surface area contributed by atoms with E-state index in [1.807, 2.05) is 50.8 Å². The summed E-state index contributed by atoms with van der Waals surface area (Å²) in [5.74, 6) is 1.50. The van der Waals surface area contributed by atoms with Crippen LogP contribution in [-0.4, -0.2) is 92.9 Å². The number of likely N-dealkylation sites (tertiary alicyclic amines) is 2. The van der Waals surface area contributed by atoms with E-state index in [0.717, 1.165) is 142 Å². The minimum absolute atomic E-state index is 0.0562. The fourth-order valence-electron chi connectivity index (χ4n) is 10.9. The summed E-state index contributed by atoms with van der Waals surface area (Å²) in [5, 5.41) is 9.47. The highest BCUT2D eigenvalue weighted by Crippen LogP contribution is 2.42. The Balaban J connectivity index is 0.000000264. The van der Waals surface area contributed by atoms with Crippen molar-refractivity contribution in [2.24, 2.45) is 5.92 Å². The second kappa shape index (κ2) is 25.3. The molecule has 0 bridgehead atoms. The van der Waals surface area contributed by atoms with Gasteiger partial charge < -0.3 is 34.7 Å². The Morgan fingerprint density at radius 2 is 1.41 bits per heavy atom. The van der Waals surface area contributed by atoms with Crippen molar-refractivity contribution in [3.63, 3.8) is 0 Å². The number of piperidine rings is 1. The molecule has 3 aromatic carbocycles. The van der Waals surface area contributed by atoms with Crippen LogP contribution in [0.4, 0.5) is 20.2 Å². The van der Waals surface area contributed by atoms with Gasteiger partial charge in [-0.2, -0.15) is 5.48 Å². The van der Waals surface area contributed by atoms with E-state index in [-0.39, 0.29) is 41.9 Å². The van der Waals surface area contributed by atoms with Gasteiger partial charge in [-0.15, -0.1) is 0 Å². The minimum Gasteiger partial charge on any atom is -0.364 e. The number of rotatable bonds is 15. The summed E-state index contributed by atoms with van der Waals surface area (Å²) >= 11 is 0. The molecule has 6 heterocycles. The van der Waals surface area contributed by atoms with Gasteiger partial charge in [0.1, 0.15) is 17.3 Å². The SMILES string of the molecule is C=C(CNOC)N1CCC[C@H]1c1nc2ccccc2[nH]1.CC.CC.CC(C)[C@@H](CCCN1CCC[C@H]1c1nc2ccc([C@H]3CCCN3c3cc(F)c(N4[C@H](C)CCC[C@@H]4C)c(F)c3)cc2[nH]1)NO. The molecule has 14 heteroatoms. The van der Waals surface area contributed by atoms with E-state index in [2.05, 4.69) is 94.2 Å². The Labute approximate surface area is 405 Å². The van der Waals surface area contributed by atoms with Crippen molar-refractivity contribution in [3.8, 4) is 0 Å². The molecule has 5 aromatic rings. The fraction of sp³-hybridized carbons (Fsp3) is 0.593. The molecule has 0 saturated carbocycles. The molecule has 5 N–H and O–H groups in total. The lowest BCUT2D eigenvalue weighted by atomic mass is 9.96.